The zero-order valence-electron chi connectivity index (χ0n) is 16.2. The number of carbonyl (C=O) groups is 2. The first-order valence-electron chi connectivity index (χ1n) is 8.82. The van der Waals surface area contributed by atoms with Crippen molar-refractivity contribution < 1.29 is 14.0 Å². The minimum atomic E-state index is -1.12. The number of nitrogens with zero attached hydrogens (tertiary/aromatic N) is 3. The van der Waals surface area contributed by atoms with Crippen LogP contribution in [0.15, 0.2) is 29.6 Å². The van der Waals surface area contributed by atoms with Gasteiger partial charge in [0.25, 0.3) is 5.91 Å². The number of benzene rings is 1. The highest BCUT2D eigenvalue weighted by Crippen LogP contribution is 2.29. The molecule has 0 saturated carbocycles. The second kappa shape index (κ2) is 8.56. The van der Waals surface area contributed by atoms with Gasteiger partial charge in [-0.3, -0.25) is 9.59 Å². The predicted molar refractivity (Wildman–Crippen MR) is 103 cm³/mol. The molecule has 1 aromatic heterocycles. The number of aromatic nitrogens is 2. The molecule has 27 heavy (non-hydrogen) atoms. The van der Waals surface area contributed by atoms with Crippen molar-refractivity contribution in [1.82, 2.24) is 19.8 Å². The maximum absolute atomic E-state index is 14.6. The van der Waals surface area contributed by atoms with Crippen LogP contribution in [0.3, 0.4) is 0 Å². The molecule has 0 aliphatic rings. The SMILES string of the molecule is CC[C@H](C)N(C(=O)c1csnn1)[C@H](C(=O)NC(C)(C)C)c1ccccc1F. The van der Waals surface area contributed by atoms with Crippen LogP contribution < -0.4 is 5.32 Å². The van der Waals surface area contributed by atoms with Crippen LogP contribution in [0, 0.1) is 5.82 Å². The minimum absolute atomic E-state index is 0.144. The van der Waals surface area contributed by atoms with E-state index in [1.807, 2.05) is 34.6 Å². The Bertz CT molecular complexity index is 789. The van der Waals surface area contributed by atoms with E-state index in [4.69, 9.17) is 0 Å². The number of halogens is 1. The molecule has 1 aromatic carbocycles. The van der Waals surface area contributed by atoms with Gasteiger partial charge in [-0.2, -0.15) is 0 Å². The first kappa shape index (κ1) is 21.0. The minimum Gasteiger partial charge on any atom is -0.349 e. The molecule has 2 aromatic rings. The maximum atomic E-state index is 14.6. The third-order valence-corrected chi connectivity index (χ3v) is 4.61. The fourth-order valence-corrected chi connectivity index (χ4v) is 3.14. The lowest BCUT2D eigenvalue weighted by molar-refractivity contribution is -0.128. The zero-order chi connectivity index (χ0) is 20.2. The third-order valence-electron chi connectivity index (χ3n) is 4.10. The zero-order valence-corrected chi connectivity index (χ0v) is 17.0. The van der Waals surface area contributed by atoms with Gasteiger partial charge in [0.15, 0.2) is 5.69 Å². The van der Waals surface area contributed by atoms with E-state index in [0.717, 1.165) is 11.5 Å². The average molecular weight is 393 g/mol. The van der Waals surface area contributed by atoms with Crippen LogP contribution in [0.2, 0.25) is 0 Å². The molecule has 1 heterocycles. The molecular weight excluding hydrogens is 367 g/mol. The lowest BCUT2D eigenvalue weighted by Crippen LogP contribution is -2.51. The summed E-state index contributed by atoms with van der Waals surface area (Å²) < 4.78 is 18.4. The Kier molecular flexibility index (Phi) is 6.64. The highest BCUT2D eigenvalue weighted by molar-refractivity contribution is 7.03. The van der Waals surface area contributed by atoms with Gasteiger partial charge < -0.3 is 10.2 Å². The molecule has 0 spiro atoms. The Labute approximate surface area is 162 Å². The Hall–Kier alpha value is -2.35. The summed E-state index contributed by atoms with van der Waals surface area (Å²) in [6, 6.07) is 4.60. The van der Waals surface area contributed by atoms with Gasteiger partial charge in [-0.05, 0) is 51.7 Å². The van der Waals surface area contributed by atoms with E-state index in [-0.39, 0.29) is 17.3 Å². The van der Waals surface area contributed by atoms with Crippen LogP contribution in [0.1, 0.15) is 63.1 Å². The number of carbonyl (C=O) groups excluding carboxylic acids is 2. The summed E-state index contributed by atoms with van der Waals surface area (Å²) in [5.74, 6) is -1.43. The topological polar surface area (TPSA) is 75.2 Å². The number of amides is 2. The summed E-state index contributed by atoms with van der Waals surface area (Å²) in [5, 5.41) is 8.24. The molecule has 0 bridgehead atoms. The van der Waals surface area contributed by atoms with Gasteiger partial charge in [-0.25, -0.2) is 4.39 Å². The van der Waals surface area contributed by atoms with Crippen molar-refractivity contribution in [3.8, 4) is 0 Å². The standard InChI is InChI=1S/C19H25FN4O2S/c1-6-12(2)24(18(26)15-11-27-23-22-15)16(17(25)21-19(3,4)5)13-9-7-8-10-14(13)20/h7-12,16H,6H2,1-5H3,(H,21,25)/t12-,16-/m0/s1. The Balaban J connectivity index is 2.58. The van der Waals surface area contributed by atoms with Crippen molar-refractivity contribution in [1.29, 1.82) is 0 Å². The lowest BCUT2D eigenvalue weighted by Gasteiger charge is -2.37. The first-order chi connectivity index (χ1) is 12.7. The fraction of sp³-hybridized carbons (Fsp3) is 0.474. The van der Waals surface area contributed by atoms with E-state index < -0.39 is 29.2 Å². The first-order valence-corrected chi connectivity index (χ1v) is 9.65. The maximum Gasteiger partial charge on any atom is 0.276 e. The summed E-state index contributed by atoms with van der Waals surface area (Å²) >= 11 is 1.05. The summed E-state index contributed by atoms with van der Waals surface area (Å²) in [5.41, 5.74) is -0.242. The summed E-state index contributed by atoms with van der Waals surface area (Å²) in [6.07, 6.45) is 0.594. The lowest BCUT2D eigenvalue weighted by atomic mass is 9.98. The van der Waals surface area contributed by atoms with E-state index in [2.05, 4.69) is 14.9 Å². The fourth-order valence-electron chi connectivity index (χ4n) is 2.71. The van der Waals surface area contributed by atoms with Gasteiger partial charge in [-0.1, -0.05) is 29.6 Å². The molecule has 2 rings (SSSR count). The van der Waals surface area contributed by atoms with Crippen molar-refractivity contribution in [3.05, 3.63) is 46.7 Å². The van der Waals surface area contributed by atoms with Gasteiger partial charge in [0, 0.05) is 22.5 Å². The molecule has 0 radical (unpaired) electrons. The number of nitrogens with one attached hydrogen (secondary N) is 1. The summed E-state index contributed by atoms with van der Waals surface area (Å²) in [7, 11) is 0. The van der Waals surface area contributed by atoms with Crippen LogP contribution in [-0.4, -0.2) is 37.9 Å². The third kappa shape index (κ3) is 5.09. The van der Waals surface area contributed by atoms with Crippen molar-refractivity contribution >= 4 is 23.3 Å². The van der Waals surface area contributed by atoms with E-state index in [9.17, 15) is 14.0 Å². The molecule has 0 saturated heterocycles. The molecule has 2 atom stereocenters. The second-order valence-corrected chi connectivity index (χ2v) is 8.03. The van der Waals surface area contributed by atoms with Gasteiger partial charge in [0.2, 0.25) is 5.91 Å². The van der Waals surface area contributed by atoms with Gasteiger partial charge >= 0.3 is 0 Å². The molecule has 0 aliphatic heterocycles. The van der Waals surface area contributed by atoms with Crippen LogP contribution >= 0.6 is 11.5 Å². The molecule has 2 amide bonds. The molecule has 1 N–H and O–H groups in total. The number of hydrogen-bond acceptors (Lipinski definition) is 5. The molecule has 0 unspecified atom stereocenters. The quantitative estimate of drug-likeness (QED) is 0.815. The highest BCUT2D eigenvalue weighted by atomic mass is 32.1. The van der Waals surface area contributed by atoms with Crippen LogP contribution in [-0.2, 0) is 4.79 Å². The van der Waals surface area contributed by atoms with Gasteiger partial charge in [0.05, 0.1) is 0 Å². The van der Waals surface area contributed by atoms with E-state index in [0.29, 0.717) is 6.42 Å². The van der Waals surface area contributed by atoms with Crippen molar-refractivity contribution in [3.63, 3.8) is 0 Å². The Morgan fingerprint density at radius 3 is 2.48 bits per heavy atom. The Morgan fingerprint density at radius 1 is 1.30 bits per heavy atom. The largest absolute Gasteiger partial charge is 0.349 e. The molecular formula is C19H25FN4O2S. The highest BCUT2D eigenvalue weighted by Gasteiger charge is 2.38. The molecule has 146 valence electrons. The van der Waals surface area contributed by atoms with Crippen LogP contribution in [0.4, 0.5) is 4.39 Å². The van der Waals surface area contributed by atoms with Crippen LogP contribution in [0.25, 0.3) is 0 Å². The molecule has 0 fully saturated rings. The van der Waals surface area contributed by atoms with Crippen LogP contribution in [0.5, 0.6) is 0 Å². The average Bonchev–Trinajstić information content (AvgIpc) is 3.12. The Morgan fingerprint density at radius 2 is 1.96 bits per heavy atom. The summed E-state index contributed by atoms with van der Waals surface area (Å²) in [4.78, 5) is 27.7. The number of rotatable bonds is 6. The predicted octanol–water partition coefficient (Wildman–Crippen LogP) is 3.57. The normalized spacial score (nSPS) is 13.7. The number of hydrogen-bond donors (Lipinski definition) is 1. The van der Waals surface area contributed by atoms with Crippen molar-refractivity contribution in [2.24, 2.45) is 0 Å². The monoisotopic (exact) mass is 392 g/mol. The second-order valence-electron chi connectivity index (χ2n) is 7.42. The van der Waals surface area contributed by atoms with Gasteiger partial charge in [0.1, 0.15) is 11.9 Å². The summed E-state index contributed by atoms with van der Waals surface area (Å²) in [6.45, 7) is 9.25. The van der Waals surface area contributed by atoms with E-state index in [1.165, 1.54) is 22.4 Å². The van der Waals surface area contributed by atoms with E-state index >= 15 is 0 Å². The smallest absolute Gasteiger partial charge is 0.276 e. The molecule has 6 nitrogen and oxygen atoms in total. The van der Waals surface area contributed by atoms with Crippen molar-refractivity contribution in [2.45, 2.75) is 58.7 Å². The van der Waals surface area contributed by atoms with Crippen molar-refractivity contribution in [2.75, 3.05) is 0 Å². The van der Waals surface area contributed by atoms with E-state index in [1.54, 1.807) is 12.1 Å². The molecule has 8 heteroatoms. The molecule has 0 aliphatic carbocycles. The van der Waals surface area contributed by atoms with Gasteiger partial charge in [-0.15, -0.1) is 5.10 Å².